The summed E-state index contributed by atoms with van der Waals surface area (Å²) in [7, 11) is 0. The standard InChI is InChI=1S/C14H13Cl2NO4/c1-14(20-4-5-21-14)2-3-17-12(18)8-6-10(15)11(16)7-9(8)13(17)19/h6-7H,2-5H2,1H3. The third-order valence-electron chi connectivity index (χ3n) is 3.70. The lowest BCUT2D eigenvalue weighted by Gasteiger charge is -2.24. The topological polar surface area (TPSA) is 55.8 Å². The van der Waals surface area contributed by atoms with Crippen LogP contribution in [-0.4, -0.2) is 42.3 Å². The molecule has 0 saturated carbocycles. The quantitative estimate of drug-likeness (QED) is 0.800. The Kier molecular flexibility index (Phi) is 3.69. The van der Waals surface area contributed by atoms with E-state index in [1.165, 1.54) is 17.0 Å². The SMILES string of the molecule is CC1(CCN2C(=O)c3cc(Cl)c(Cl)cc3C2=O)OCCO1. The normalized spacial score (nSPS) is 20.2. The Balaban J connectivity index is 1.80. The Labute approximate surface area is 131 Å². The number of halogens is 2. The summed E-state index contributed by atoms with van der Waals surface area (Å²) in [5, 5.41) is 0.515. The summed E-state index contributed by atoms with van der Waals surface area (Å²) in [6.07, 6.45) is 0.417. The van der Waals surface area contributed by atoms with Crippen molar-refractivity contribution >= 4 is 35.0 Å². The monoisotopic (exact) mass is 329 g/mol. The molecule has 3 rings (SSSR count). The lowest BCUT2D eigenvalue weighted by Crippen LogP contribution is -2.36. The number of imide groups is 1. The second-order valence-electron chi connectivity index (χ2n) is 5.15. The van der Waals surface area contributed by atoms with Gasteiger partial charge in [0.1, 0.15) is 0 Å². The molecule has 2 aliphatic rings. The Morgan fingerprint density at radius 1 is 1.10 bits per heavy atom. The van der Waals surface area contributed by atoms with E-state index < -0.39 is 5.79 Å². The van der Waals surface area contributed by atoms with Crippen molar-refractivity contribution in [3.8, 4) is 0 Å². The summed E-state index contributed by atoms with van der Waals surface area (Å²) in [6, 6.07) is 2.87. The van der Waals surface area contributed by atoms with Crippen LogP contribution in [0.25, 0.3) is 0 Å². The molecule has 2 amide bonds. The van der Waals surface area contributed by atoms with Crippen molar-refractivity contribution in [1.29, 1.82) is 0 Å². The molecule has 1 saturated heterocycles. The number of hydrogen-bond acceptors (Lipinski definition) is 4. The summed E-state index contributed by atoms with van der Waals surface area (Å²) < 4.78 is 10.9. The average molecular weight is 330 g/mol. The summed E-state index contributed by atoms with van der Waals surface area (Å²) in [5.41, 5.74) is 0.570. The molecule has 0 N–H and O–H groups in total. The fourth-order valence-electron chi connectivity index (χ4n) is 2.50. The van der Waals surface area contributed by atoms with Gasteiger partial charge in [0, 0.05) is 13.0 Å². The van der Waals surface area contributed by atoms with Crippen molar-refractivity contribution in [3.63, 3.8) is 0 Å². The molecule has 0 spiro atoms. The van der Waals surface area contributed by atoms with Gasteiger partial charge in [-0.3, -0.25) is 14.5 Å². The van der Waals surface area contributed by atoms with Gasteiger partial charge in [-0.2, -0.15) is 0 Å². The number of benzene rings is 1. The minimum absolute atomic E-state index is 0.220. The second-order valence-corrected chi connectivity index (χ2v) is 5.97. The van der Waals surface area contributed by atoms with E-state index in [2.05, 4.69) is 0 Å². The Hall–Kier alpha value is -1.14. The molecule has 1 fully saturated rings. The van der Waals surface area contributed by atoms with E-state index in [-0.39, 0.29) is 39.5 Å². The van der Waals surface area contributed by atoms with Crippen molar-refractivity contribution in [3.05, 3.63) is 33.3 Å². The van der Waals surface area contributed by atoms with Crippen LogP contribution in [0.4, 0.5) is 0 Å². The van der Waals surface area contributed by atoms with Gasteiger partial charge in [-0.1, -0.05) is 23.2 Å². The third-order valence-corrected chi connectivity index (χ3v) is 4.42. The summed E-state index contributed by atoms with van der Waals surface area (Å²) in [6.45, 7) is 3.05. The molecule has 112 valence electrons. The highest BCUT2D eigenvalue weighted by atomic mass is 35.5. The predicted octanol–water partition coefficient (Wildman–Crippen LogP) is 2.74. The number of ether oxygens (including phenoxy) is 2. The van der Waals surface area contributed by atoms with E-state index in [0.29, 0.717) is 19.6 Å². The van der Waals surface area contributed by atoms with E-state index in [1.54, 1.807) is 6.92 Å². The van der Waals surface area contributed by atoms with Crippen molar-refractivity contribution in [2.24, 2.45) is 0 Å². The van der Waals surface area contributed by atoms with Gasteiger partial charge in [0.25, 0.3) is 11.8 Å². The van der Waals surface area contributed by atoms with Crippen molar-refractivity contribution in [2.45, 2.75) is 19.1 Å². The van der Waals surface area contributed by atoms with Crippen LogP contribution in [0.1, 0.15) is 34.1 Å². The third kappa shape index (κ3) is 2.55. The number of carbonyl (C=O) groups excluding carboxylic acids is 2. The lowest BCUT2D eigenvalue weighted by atomic mass is 10.1. The number of fused-ring (bicyclic) bond motifs is 1. The van der Waals surface area contributed by atoms with Gasteiger partial charge in [0.15, 0.2) is 5.79 Å². The minimum Gasteiger partial charge on any atom is -0.348 e. The first kappa shape index (κ1) is 14.8. The maximum atomic E-state index is 12.3. The Bertz CT molecular complexity index is 585. The molecular formula is C14H13Cl2NO4. The fourth-order valence-corrected chi connectivity index (χ4v) is 2.83. The van der Waals surface area contributed by atoms with Crippen LogP contribution in [0.2, 0.25) is 10.0 Å². The zero-order valence-electron chi connectivity index (χ0n) is 11.3. The zero-order chi connectivity index (χ0) is 15.2. The first-order valence-electron chi connectivity index (χ1n) is 6.54. The summed E-state index contributed by atoms with van der Waals surface area (Å²) in [4.78, 5) is 25.8. The number of hydrogen-bond donors (Lipinski definition) is 0. The van der Waals surface area contributed by atoms with Crippen molar-refractivity contribution in [2.75, 3.05) is 19.8 Å². The minimum atomic E-state index is -0.745. The highest BCUT2D eigenvalue weighted by Gasteiger charge is 2.39. The van der Waals surface area contributed by atoms with E-state index in [0.717, 1.165) is 0 Å². The molecule has 0 radical (unpaired) electrons. The summed E-state index contributed by atoms with van der Waals surface area (Å²) in [5.74, 6) is -1.48. The van der Waals surface area contributed by atoms with Crippen LogP contribution in [0, 0.1) is 0 Å². The largest absolute Gasteiger partial charge is 0.348 e. The molecule has 5 nitrogen and oxygen atoms in total. The van der Waals surface area contributed by atoms with Gasteiger partial charge in [-0.05, 0) is 19.1 Å². The highest BCUT2D eigenvalue weighted by Crippen LogP contribution is 2.32. The van der Waals surface area contributed by atoms with Crippen LogP contribution < -0.4 is 0 Å². The molecule has 2 aliphatic heterocycles. The van der Waals surface area contributed by atoms with E-state index >= 15 is 0 Å². The average Bonchev–Trinajstić information content (AvgIpc) is 2.95. The van der Waals surface area contributed by atoms with Crippen LogP contribution in [-0.2, 0) is 9.47 Å². The van der Waals surface area contributed by atoms with E-state index in [1.807, 2.05) is 0 Å². The van der Waals surface area contributed by atoms with Gasteiger partial charge in [0.2, 0.25) is 0 Å². The Morgan fingerprint density at radius 3 is 2.05 bits per heavy atom. The maximum absolute atomic E-state index is 12.3. The predicted molar refractivity (Wildman–Crippen MR) is 76.8 cm³/mol. The molecule has 0 atom stereocenters. The van der Waals surface area contributed by atoms with Gasteiger partial charge in [-0.25, -0.2) is 0 Å². The number of amides is 2. The fraction of sp³-hybridized carbons (Fsp3) is 0.429. The first-order valence-corrected chi connectivity index (χ1v) is 7.30. The number of nitrogens with zero attached hydrogens (tertiary/aromatic N) is 1. The number of rotatable bonds is 3. The highest BCUT2D eigenvalue weighted by molar-refractivity contribution is 6.43. The van der Waals surface area contributed by atoms with Gasteiger partial charge < -0.3 is 9.47 Å². The molecule has 0 unspecified atom stereocenters. The molecule has 1 aromatic carbocycles. The Morgan fingerprint density at radius 2 is 1.57 bits per heavy atom. The van der Waals surface area contributed by atoms with Gasteiger partial charge in [0.05, 0.1) is 34.4 Å². The van der Waals surface area contributed by atoms with Gasteiger partial charge >= 0.3 is 0 Å². The molecule has 1 aromatic rings. The zero-order valence-corrected chi connectivity index (χ0v) is 12.8. The smallest absolute Gasteiger partial charge is 0.261 e. The molecule has 0 aliphatic carbocycles. The number of carbonyl (C=O) groups is 2. The van der Waals surface area contributed by atoms with E-state index in [4.69, 9.17) is 32.7 Å². The van der Waals surface area contributed by atoms with E-state index in [9.17, 15) is 9.59 Å². The molecule has 21 heavy (non-hydrogen) atoms. The van der Waals surface area contributed by atoms with Crippen LogP contribution in [0.5, 0.6) is 0 Å². The molecule has 0 bridgehead atoms. The maximum Gasteiger partial charge on any atom is 0.261 e. The van der Waals surface area contributed by atoms with Crippen LogP contribution in [0.3, 0.4) is 0 Å². The van der Waals surface area contributed by atoms with Gasteiger partial charge in [-0.15, -0.1) is 0 Å². The molecular weight excluding hydrogens is 317 g/mol. The lowest BCUT2D eigenvalue weighted by molar-refractivity contribution is -0.147. The first-order chi connectivity index (χ1) is 9.91. The summed E-state index contributed by atoms with van der Waals surface area (Å²) >= 11 is 11.8. The second kappa shape index (κ2) is 5.25. The van der Waals surface area contributed by atoms with Crippen LogP contribution >= 0.6 is 23.2 Å². The van der Waals surface area contributed by atoms with Crippen LogP contribution in [0.15, 0.2) is 12.1 Å². The molecule has 2 heterocycles. The van der Waals surface area contributed by atoms with Crippen molar-refractivity contribution in [1.82, 2.24) is 4.90 Å². The molecule has 0 aromatic heterocycles. The van der Waals surface area contributed by atoms with Crippen molar-refractivity contribution < 1.29 is 19.1 Å². The molecule has 7 heteroatoms.